The number of hydrogen-bond donors (Lipinski definition) is 1. The van der Waals surface area contributed by atoms with Gasteiger partial charge in [0.25, 0.3) is 0 Å². The summed E-state index contributed by atoms with van der Waals surface area (Å²) in [5, 5.41) is 6.85. The normalized spacial score (nSPS) is 14.3. The summed E-state index contributed by atoms with van der Waals surface area (Å²) >= 11 is 0. The molecule has 0 saturated carbocycles. The van der Waals surface area contributed by atoms with E-state index in [1.807, 2.05) is 6.92 Å². The van der Waals surface area contributed by atoms with Crippen molar-refractivity contribution < 1.29 is 23.8 Å². The lowest BCUT2D eigenvalue weighted by molar-refractivity contribution is -0.179. The van der Waals surface area contributed by atoms with Gasteiger partial charge in [-0.15, -0.1) is 0 Å². The number of H-pyrrole nitrogens is 1. The van der Waals surface area contributed by atoms with E-state index in [0.717, 1.165) is 5.69 Å². The highest BCUT2D eigenvalue weighted by atomic mass is 16.7. The smallest absolute Gasteiger partial charge is 0.412 e. The monoisotopic (exact) mass is 325 g/mol. The number of hydrogen-bond acceptors (Lipinski definition) is 6. The van der Waals surface area contributed by atoms with Crippen LogP contribution in [0.3, 0.4) is 0 Å². The minimum absolute atomic E-state index is 0.225. The lowest BCUT2D eigenvalue weighted by atomic mass is 10.1. The Morgan fingerprint density at radius 1 is 1.30 bits per heavy atom. The van der Waals surface area contributed by atoms with Crippen molar-refractivity contribution in [3.63, 3.8) is 0 Å². The van der Waals surface area contributed by atoms with Gasteiger partial charge in [0.1, 0.15) is 0 Å². The third kappa shape index (κ3) is 4.01. The van der Waals surface area contributed by atoms with Gasteiger partial charge in [-0.05, 0) is 13.8 Å². The van der Waals surface area contributed by atoms with Crippen molar-refractivity contribution in [2.75, 3.05) is 19.8 Å². The molecule has 128 valence electrons. The van der Waals surface area contributed by atoms with E-state index >= 15 is 0 Å². The molecule has 2 rings (SSSR count). The molecule has 23 heavy (non-hydrogen) atoms. The Kier molecular flexibility index (Phi) is 5.25. The molecule has 1 aromatic heterocycles. The molecule has 1 aliphatic rings. The summed E-state index contributed by atoms with van der Waals surface area (Å²) < 4.78 is 15.7. The first kappa shape index (κ1) is 17.3. The number of carbonyl (C=O) groups is 2. The maximum Gasteiger partial charge on any atom is 0.412 e. The highest BCUT2D eigenvalue weighted by Crippen LogP contribution is 2.23. The van der Waals surface area contributed by atoms with Gasteiger partial charge in [0.15, 0.2) is 5.69 Å². The van der Waals surface area contributed by atoms with Crippen LogP contribution in [0.5, 0.6) is 0 Å². The molecular formula is C15H23N3O5. The standard InChI is InChI=1S/C15H23N3O5/c1-5-21-13(19)12-10-9-18(8-7-11(10)16-17-12)14(20)23-15(3,4)22-6-2/h5-9H2,1-4H3,(H,16,17). The van der Waals surface area contributed by atoms with Crippen LogP contribution in [-0.4, -0.2) is 52.7 Å². The van der Waals surface area contributed by atoms with Gasteiger partial charge < -0.3 is 19.1 Å². The zero-order chi connectivity index (χ0) is 17.0. The van der Waals surface area contributed by atoms with E-state index in [-0.39, 0.29) is 18.8 Å². The number of aromatic nitrogens is 2. The average molecular weight is 325 g/mol. The number of ether oxygens (including phenoxy) is 3. The second-order valence-electron chi connectivity index (χ2n) is 5.62. The van der Waals surface area contributed by atoms with Gasteiger partial charge in [-0.25, -0.2) is 9.59 Å². The van der Waals surface area contributed by atoms with Crippen molar-refractivity contribution in [2.24, 2.45) is 0 Å². The van der Waals surface area contributed by atoms with E-state index in [4.69, 9.17) is 14.2 Å². The summed E-state index contributed by atoms with van der Waals surface area (Å²) in [4.78, 5) is 25.7. The van der Waals surface area contributed by atoms with Crippen molar-refractivity contribution >= 4 is 12.1 Å². The van der Waals surface area contributed by atoms with Crippen LogP contribution < -0.4 is 0 Å². The molecule has 0 radical (unpaired) electrons. The van der Waals surface area contributed by atoms with E-state index in [9.17, 15) is 9.59 Å². The lowest BCUT2D eigenvalue weighted by Crippen LogP contribution is -2.42. The average Bonchev–Trinajstić information content (AvgIpc) is 2.89. The van der Waals surface area contributed by atoms with E-state index in [2.05, 4.69) is 10.2 Å². The van der Waals surface area contributed by atoms with Crippen molar-refractivity contribution in [1.29, 1.82) is 0 Å². The maximum absolute atomic E-state index is 12.3. The minimum Gasteiger partial charge on any atom is -0.461 e. The van der Waals surface area contributed by atoms with Crippen LogP contribution in [-0.2, 0) is 27.2 Å². The molecule has 1 aromatic rings. The summed E-state index contributed by atoms with van der Waals surface area (Å²) in [7, 11) is 0. The number of amides is 1. The molecule has 8 nitrogen and oxygen atoms in total. The third-order valence-corrected chi connectivity index (χ3v) is 3.49. The summed E-state index contributed by atoms with van der Waals surface area (Å²) in [6, 6.07) is 0. The molecule has 1 aliphatic heterocycles. The Balaban J connectivity index is 2.09. The fourth-order valence-electron chi connectivity index (χ4n) is 2.47. The number of nitrogens with one attached hydrogen (secondary N) is 1. The summed E-state index contributed by atoms with van der Waals surface area (Å²) in [6.45, 7) is 8.39. The van der Waals surface area contributed by atoms with Gasteiger partial charge >= 0.3 is 12.1 Å². The fourth-order valence-corrected chi connectivity index (χ4v) is 2.47. The zero-order valence-corrected chi connectivity index (χ0v) is 14.0. The summed E-state index contributed by atoms with van der Waals surface area (Å²) in [5.41, 5.74) is 1.76. The molecule has 0 spiro atoms. The summed E-state index contributed by atoms with van der Waals surface area (Å²) in [6.07, 6.45) is 0.0939. The van der Waals surface area contributed by atoms with Gasteiger partial charge in [-0.2, -0.15) is 5.10 Å². The SMILES string of the molecule is CCOC(=O)c1n[nH]c2c1CN(C(=O)OC(C)(C)OCC)CC2. The van der Waals surface area contributed by atoms with E-state index in [0.29, 0.717) is 25.1 Å². The van der Waals surface area contributed by atoms with Crippen LogP contribution in [0.1, 0.15) is 49.4 Å². The Hall–Kier alpha value is -2.09. The van der Waals surface area contributed by atoms with Crippen molar-refractivity contribution in [1.82, 2.24) is 15.1 Å². The van der Waals surface area contributed by atoms with E-state index in [1.54, 1.807) is 20.8 Å². The summed E-state index contributed by atoms with van der Waals surface area (Å²) in [5.74, 6) is -1.48. The van der Waals surface area contributed by atoms with Crippen LogP contribution in [0, 0.1) is 0 Å². The Morgan fingerprint density at radius 3 is 2.70 bits per heavy atom. The highest BCUT2D eigenvalue weighted by Gasteiger charge is 2.32. The molecular weight excluding hydrogens is 302 g/mol. The van der Waals surface area contributed by atoms with Crippen LogP contribution in [0.2, 0.25) is 0 Å². The molecule has 0 aromatic carbocycles. The van der Waals surface area contributed by atoms with Gasteiger partial charge in [0.05, 0.1) is 13.2 Å². The third-order valence-electron chi connectivity index (χ3n) is 3.49. The second-order valence-corrected chi connectivity index (χ2v) is 5.62. The number of fused-ring (bicyclic) bond motifs is 1. The molecule has 0 atom stereocenters. The number of esters is 1. The predicted molar refractivity (Wildman–Crippen MR) is 80.8 cm³/mol. The fraction of sp³-hybridized carbons (Fsp3) is 0.667. The molecule has 2 heterocycles. The molecule has 0 unspecified atom stereocenters. The van der Waals surface area contributed by atoms with Crippen LogP contribution >= 0.6 is 0 Å². The Bertz CT molecular complexity index is 582. The largest absolute Gasteiger partial charge is 0.461 e. The van der Waals surface area contributed by atoms with Crippen LogP contribution in [0.4, 0.5) is 4.79 Å². The van der Waals surface area contributed by atoms with Gasteiger partial charge in [0, 0.05) is 44.7 Å². The Morgan fingerprint density at radius 2 is 2.04 bits per heavy atom. The minimum atomic E-state index is -0.994. The molecule has 0 bridgehead atoms. The number of carbonyl (C=O) groups excluding carboxylic acids is 2. The quantitative estimate of drug-likeness (QED) is 0.656. The zero-order valence-electron chi connectivity index (χ0n) is 14.0. The molecule has 0 aliphatic carbocycles. The second kappa shape index (κ2) is 6.99. The predicted octanol–water partition coefficient (Wildman–Crippen LogP) is 1.85. The number of rotatable bonds is 5. The van der Waals surface area contributed by atoms with Gasteiger partial charge in [-0.3, -0.25) is 5.10 Å². The number of aromatic amines is 1. The molecule has 1 amide bonds. The van der Waals surface area contributed by atoms with E-state index in [1.165, 1.54) is 4.90 Å². The molecule has 1 N–H and O–H groups in total. The van der Waals surface area contributed by atoms with Crippen LogP contribution in [0.15, 0.2) is 0 Å². The van der Waals surface area contributed by atoms with Crippen molar-refractivity contribution in [2.45, 2.75) is 46.4 Å². The topological polar surface area (TPSA) is 93.8 Å². The highest BCUT2D eigenvalue weighted by molar-refractivity contribution is 5.89. The van der Waals surface area contributed by atoms with E-state index < -0.39 is 17.8 Å². The molecule has 0 fully saturated rings. The first-order valence-electron chi connectivity index (χ1n) is 7.73. The van der Waals surface area contributed by atoms with Crippen molar-refractivity contribution in [3.8, 4) is 0 Å². The number of nitrogens with zero attached hydrogens (tertiary/aromatic N) is 2. The first-order valence-corrected chi connectivity index (χ1v) is 7.73. The van der Waals surface area contributed by atoms with Gasteiger partial charge in [0.2, 0.25) is 5.79 Å². The van der Waals surface area contributed by atoms with Crippen molar-refractivity contribution in [3.05, 3.63) is 17.0 Å². The lowest BCUT2D eigenvalue weighted by Gasteiger charge is -2.31. The molecule has 8 heteroatoms. The van der Waals surface area contributed by atoms with Crippen LogP contribution in [0.25, 0.3) is 0 Å². The van der Waals surface area contributed by atoms with Gasteiger partial charge in [-0.1, -0.05) is 0 Å². The first-order chi connectivity index (χ1) is 10.9. The molecule has 0 saturated heterocycles. The Labute approximate surface area is 135 Å². The maximum atomic E-state index is 12.3.